The van der Waals surface area contributed by atoms with Crippen molar-refractivity contribution in [2.75, 3.05) is 26.3 Å². The van der Waals surface area contributed by atoms with Gasteiger partial charge in [0, 0.05) is 13.1 Å². The van der Waals surface area contributed by atoms with Gasteiger partial charge in [0.15, 0.2) is 6.10 Å². The Morgan fingerprint density at radius 1 is 1.12 bits per heavy atom. The Balaban J connectivity index is 3.41. The Kier molecular flexibility index (Phi) is 6.05. The van der Waals surface area contributed by atoms with Crippen LogP contribution in [0.1, 0.15) is 0 Å². The van der Waals surface area contributed by atoms with Crippen molar-refractivity contribution in [1.82, 2.24) is 5.32 Å². The van der Waals surface area contributed by atoms with Crippen LogP contribution in [0.2, 0.25) is 0 Å². The first kappa shape index (κ1) is 15.5. The molecule has 0 amide bonds. The van der Waals surface area contributed by atoms with E-state index in [1.54, 1.807) is 0 Å². The van der Waals surface area contributed by atoms with Crippen molar-refractivity contribution in [3.8, 4) is 0 Å². The van der Waals surface area contributed by atoms with Crippen LogP contribution < -0.4 is 5.32 Å². The smallest absolute Gasteiger partial charge is 0.382 e. The van der Waals surface area contributed by atoms with Gasteiger partial charge in [0.2, 0.25) is 0 Å². The van der Waals surface area contributed by atoms with Gasteiger partial charge in [-0.1, -0.05) is 0 Å². The van der Waals surface area contributed by atoms with Gasteiger partial charge in [-0.2, -0.15) is 26.3 Å². The van der Waals surface area contributed by atoms with Crippen molar-refractivity contribution in [2.24, 2.45) is 0 Å². The van der Waals surface area contributed by atoms with Crippen molar-refractivity contribution in [1.29, 1.82) is 0 Å². The van der Waals surface area contributed by atoms with E-state index < -0.39 is 31.6 Å². The summed E-state index contributed by atoms with van der Waals surface area (Å²) in [5, 5.41) is 10.6. The molecule has 3 nitrogen and oxygen atoms in total. The molecule has 0 radical (unpaired) electrons. The zero-order valence-corrected chi connectivity index (χ0v) is 8.03. The first-order chi connectivity index (χ1) is 7.13. The SMILES string of the molecule is OC(CNCCOCC(F)(F)F)C(F)(F)F. The molecule has 1 atom stereocenters. The third kappa shape index (κ3) is 8.74. The molecule has 0 spiro atoms. The minimum absolute atomic E-state index is 0.205. The van der Waals surface area contributed by atoms with Crippen molar-refractivity contribution in [3.05, 3.63) is 0 Å². The second-order valence-corrected chi connectivity index (χ2v) is 2.93. The Labute approximate surface area is 87.4 Å². The fourth-order valence-corrected chi connectivity index (χ4v) is 0.687. The third-order valence-corrected chi connectivity index (χ3v) is 1.40. The summed E-state index contributed by atoms with van der Waals surface area (Å²) < 4.78 is 73.8. The van der Waals surface area contributed by atoms with Crippen LogP contribution in [0.25, 0.3) is 0 Å². The average molecular weight is 255 g/mol. The minimum Gasteiger partial charge on any atom is -0.382 e. The largest absolute Gasteiger partial charge is 0.415 e. The zero-order chi connectivity index (χ0) is 12.8. The van der Waals surface area contributed by atoms with Gasteiger partial charge >= 0.3 is 12.4 Å². The summed E-state index contributed by atoms with van der Waals surface area (Å²) in [5.41, 5.74) is 0. The molecule has 0 aromatic rings. The van der Waals surface area contributed by atoms with Gasteiger partial charge in [-0.05, 0) is 0 Å². The molecular formula is C7H11F6NO2. The lowest BCUT2D eigenvalue weighted by Gasteiger charge is -2.15. The molecule has 0 saturated heterocycles. The summed E-state index contributed by atoms with van der Waals surface area (Å²) in [6, 6.07) is 0. The van der Waals surface area contributed by atoms with Gasteiger partial charge in [0.1, 0.15) is 6.61 Å². The van der Waals surface area contributed by atoms with E-state index in [-0.39, 0.29) is 13.2 Å². The normalized spacial score (nSPS) is 15.2. The number of nitrogens with one attached hydrogen (secondary N) is 1. The monoisotopic (exact) mass is 255 g/mol. The molecule has 1 unspecified atom stereocenters. The summed E-state index contributed by atoms with van der Waals surface area (Å²) in [7, 11) is 0. The first-order valence-electron chi connectivity index (χ1n) is 4.23. The first-order valence-corrected chi connectivity index (χ1v) is 4.23. The zero-order valence-electron chi connectivity index (χ0n) is 8.03. The molecule has 0 rings (SSSR count). The summed E-state index contributed by atoms with van der Waals surface area (Å²) >= 11 is 0. The second kappa shape index (κ2) is 6.26. The molecule has 0 aliphatic carbocycles. The molecule has 0 aromatic heterocycles. The summed E-state index contributed by atoms with van der Waals surface area (Å²) in [5.74, 6) is 0. The molecule has 9 heteroatoms. The van der Waals surface area contributed by atoms with Crippen LogP contribution in [0.4, 0.5) is 26.3 Å². The maximum atomic E-state index is 11.7. The lowest BCUT2D eigenvalue weighted by atomic mass is 10.3. The lowest BCUT2D eigenvalue weighted by molar-refractivity contribution is -0.202. The topological polar surface area (TPSA) is 41.5 Å². The summed E-state index contributed by atoms with van der Waals surface area (Å²) in [6.07, 6.45) is -11.7. The summed E-state index contributed by atoms with van der Waals surface area (Å²) in [6.45, 7) is -2.82. The minimum atomic E-state index is -4.74. The van der Waals surface area contributed by atoms with E-state index in [4.69, 9.17) is 5.11 Å². The number of aliphatic hydroxyl groups is 1. The molecule has 0 aliphatic heterocycles. The Morgan fingerprint density at radius 3 is 2.12 bits per heavy atom. The number of ether oxygens (including phenoxy) is 1. The quantitative estimate of drug-likeness (QED) is 0.551. The molecule has 0 aromatic carbocycles. The van der Waals surface area contributed by atoms with Gasteiger partial charge in [0.25, 0.3) is 0 Å². The predicted molar refractivity (Wildman–Crippen MR) is 41.8 cm³/mol. The fourth-order valence-electron chi connectivity index (χ4n) is 0.687. The van der Waals surface area contributed by atoms with Crippen molar-refractivity contribution < 1.29 is 36.2 Å². The van der Waals surface area contributed by atoms with Gasteiger partial charge in [-0.25, -0.2) is 0 Å². The van der Waals surface area contributed by atoms with Crippen LogP contribution in [0.15, 0.2) is 0 Å². The lowest BCUT2D eigenvalue weighted by Crippen LogP contribution is -2.39. The van der Waals surface area contributed by atoms with Crippen molar-refractivity contribution >= 4 is 0 Å². The van der Waals surface area contributed by atoms with Crippen LogP contribution in [0.5, 0.6) is 0 Å². The van der Waals surface area contributed by atoms with E-state index in [9.17, 15) is 26.3 Å². The van der Waals surface area contributed by atoms with Crippen LogP contribution in [-0.2, 0) is 4.74 Å². The van der Waals surface area contributed by atoms with Crippen LogP contribution in [0, 0.1) is 0 Å². The average Bonchev–Trinajstić information content (AvgIpc) is 2.07. The van der Waals surface area contributed by atoms with E-state index in [2.05, 4.69) is 10.1 Å². The van der Waals surface area contributed by atoms with E-state index in [0.717, 1.165) is 0 Å². The van der Waals surface area contributed by atoms with Crippen molar-refractivity contribution in [2.45, 2.75) is 18.5 Å². The predicted octanol–water partition coefficient (Wildman–Crippen LogP) is 1.08. The highest BCUT2D eigenvalue weighted by atomic mass is 19.4. The molecule has 0 bridgehead atoms. The fraction of sp³-hybridized carbons (Fsp3) is 1.00. The number of halogens is 6. The highest BCUT2D eigenvalue weighted by Crippen LogP contribution is 2.19. The number of rotatable bonds is 6. The van der Waals surface area contributed by atoms with E-state index in [1.807, 2.05) is 0 Å². The van der Waals surface area contributed by atoms with Gasteiger partial charge in [0.05, 0.1) is 6.61 Å². The molecule has 0 saturated carbocycles. The molecule has 16 heavy (non-hydrogen) atoms. The third-order valence-electron chi connectivity index (χ3n) is 1.40. The van der Waals surface area contributed by atoms with Crippen LogP contribution in [-0.4, -0.2) is 49.9 Å². The maximum Gasteiger partial charge on any atom is 0.415 e. The summed E-state index contributed by atoms with van der Waals surface area (Å²) in [4.78, 5) is 0. The molecule has 0 fully saturated rings. The Morgan fingerprint density at radius 2 is 1.69 bits per heavy atom. The molecular weight excluding hydrogens is 244 g/mol. The molecule has 98 valence electrons. The van der Waals surface area contributed by atoms with Crippen molar-refractivity contribution in [3.63, 3.8) is 0 Å². The number of hydrogen-bond acceptors (Lipinski definition) is 3. The molecule has 0 heterocycles. The molecule has 0 aliphatic rings. The van der Waals surface area contributed by atoms with E-state index >= 15 is 0 Å². The molecule has 2 N–H and O–H groups in total. The Hall–Kier alpha value is -0.540. The second-order valence-electron chi connectivity index (χ2n) is 2.93. The van der Waals surface area contributed by atoms with Crippen LogP contribution in [0.3, 0.4) is 0 Å². The van der Waals surface area contributed by atoms with Gasteiger partial charge in [-0.15, -0.1) is 0 Å². The van der Waals surface area contributed by atoms with E-state index in [1.165, 1.54) is 0 Å². The highest BCUT2D eigenvalue weighted by molar-refractivity contribution is 4.67. The number of hydrogen-bond donors (Lipinski definition) is 2. The van der Waals surface area contributed by atoms with E-state index in [0.29, 0.717) is 0 Å². The van der Waals surface area contributed by atoms with Gasteiger partial charge in [-0.3, -0.25) is 0 Å². The highest BCUT2D eigenvalue weighted by Gasteiger charge is 2.37. The number of aliphatic hydroxyl groups excluding tert-OH is 1. The number of alkyl halides is 6. The van der Waals surface area contributed by atoms with Gasteiger partial charge < -0.3 is 15.2 Å². The Bertz CT molecular complexity index is 192. The van der Waals surface area contributed by atoms with Crippen LogP contribution >= 0.6 is 0 Å². The standard InChI is InChI=1S/C7H11F6NO2/c8-6(9,10)4-16-2-1-14-3-5(15)7(11,12)13/h5,14-15H,1-4H2. The maximum absolute atomic E-state index is 11.7.